The van der Waals surface area contributed by atoms with Crippen molar-refractivity contribution >= 4 is 21.9 Å². The average Bonchev–Trinajstić information content (AvgIpc) is 2.81. The van der Waals surface area contributed by atoms with E-state index in [1.807, 2.05) is 0 Å². The molecule has 0 spiro atoms. The molecule has 0 fully saturated rings. The first-order valence-corrected chi connectivity index (χ1v) is 6.60. The third kappa shape index (κ3) is 2.92. The largest absolute Gasteiger partial charge is 0.476 e. The van der Waals surface area contributed by atoms with Crippen LogP contribution in [0.3, 0.4) is 0 Å². The fourth-order valence-corrected chi connectivity index (χ4v) is 2.33. The standard InChI is InChI=1S/C12H9BrF3N3O2/c1-2-9-10(11(20)21)17-18-19(9)6-3-4-8(13)7(5-6)12(14,15)16/h3-5H,2H2,1H3,(H,20,21). The summed E-state index contributed by atoms with van der Waals surface area (Å²) in [5.41, 5.74) is -0.802. The minimum Gasteiger partial charge on any atom is -0.476 e. The van der Waals surface area contributed by atoms with Crippen LogP contribution in [0.4, 0.5) is 13.2 Å². The van der Waals surface area contributed by atoms with Crippen molar-refractivity contribution in [3.8, 4) is 5.69 Å². The SMILES string of the molecule is CCc1c(C(=O)O)nnn1-c1ccc(Br)c(C(F)(F)F)c1. The van der Waals surface area contributed by atoms with Crippen LogP contribution in [0.5, 0.6) is 0 Å². The molecule has 0 aliphatic carbocycles. The predicted octanol–water partition coefficient (Wildman–Crippen LogP) is 3.31. The lowest BCUT2D eigenvalue weighted by Gasteiger charge is -2.12. The van der Waals surface area contributed by atoms with Crippen LogP contribution < -0.4 is 0 Å². The molecule has 2 aromatic rings. The molecule has 9 heteroatoms. The van der Waals surface area contributed by atoms with Crippen molar-refractivity contribution in [2.45, 2.75) is 19.5 Å². The zero-order valence-electron chi connectivity index (χ0n) is 10.6. The van der Waals surface area contributed by atoms with Crippen molar-refractivity contribution in [3.63, 3.8) is 0 Å². The van der Waals surface area contributed by atoms with Gasteiger partial charge in [0, 0.05) is 4.47 Å². The van der Waals surface area contributed by atoms with E-state index in [2.05, 4.69) is 26.2 Å². The molecule has 112 valence electrons. The first-order chi connectivity index (χ1) is 9.75. The quantitative estimate of drug-likeness (QED) is 0.908. The fraction of sp³-hybridized carbons (Fsp3) is 0.250. The van der Waals surface area contributed by atoms with Gasteiger partial charge in [-0.2, -0.15) is 13.2 Å². The molecule has 0 atom stereocenters. The monoisotopic (exact) mass is 363 g/mol. The zero-order valence-corrected chi connectivity index (χ0v) is 12.2. The lowest BCUT2D eigenvalue weighted by atomic mass is 10.2. The molecule has 0 unspecified atom stereocenters. The molecule has 1 N–H and O–H groups in total. The van der Waals surface area contributed by atoms with Crippen LogP contribution in [0, 0.1) is 0 Å². The maximum Gasteiger partial charge on any atom is 0.417 e. The van der Waals surface area contributed by atoms with Gasteiger partial charge in [0.1, 0.15) is 0 Å². The van der Waals surface area contributed by atoms with Gasteiger partial charge < -0.3 is 5.11 Å². The molecule has 0 saturated carbocycles. The molecule has 0 bridgehead atoms. The van der Waals surface area contributed by atoms with Crippen molar-refractivity contribution in [1.82, 2.24) is 15.0 Å². The van der Waals surface area contributed by atoms with Crippen LogP contribution in [-0.2, 0) is 12.6 Å². The number of carbonyl (C=O) groups is 1. The third-order valence-electron chi connectivity index (χ3n) is 2.80. The second-order valence-corrected chi connectivity index (χ2v) is 4.97. The molecule has 0 aliphatic rings. The lowest BCUT2D eigenvalue weighted by Crippen LogP contribution is -2.10. The van der Waals surface area contributed by atoms with Gasteiger partial charge in [0.15, 0.2) is 5.69 Å². The topological polar surface area (TPSA) is 68.0 Å². The number of hydrogen-bond acceptors (Lipinski definition) is 3. The molecular formula is C12H9BrF3N3O2. The Morgan fingerprint density at radius 1 is 1.43 bits per heavy atom. The van der Waals surface area contributed by atoms with Gasteiger partial charge in [0.2, 0.25) is 0 Å². The van der Waals surface area contributed by atoms with Crippen LogP contribution in [0.2, 0.25) is 0 Å². The van der Waals surface area contributed by atoms with Crippen molar-refractivity contribution < 1.29 is 23.1 Å². The van der Waals surface area contributed by atoms with Crippen molar-refractivity contribution in [3.05, 3.63) is 39.6 Å². The van der Waals surface area contributed by atoms with E-state index < -0.39 is 17.7 Å². The smallest absolute Gasteiger partial charge is 0.417 e. The van der Waals surface area contributed by atoms with E-state index >= 15 is 0 Å². The number of rotatable bonds is 3. The number of hydrogen-bond donors (Lipinski definition) is 1. The van der Waals surface area contributed by atoms with Gasteiger partial charge >= 0.3 is 12.1 Å². The number of alkyl halides is 3. The van der Waals surface area contributed by atoms with E-state index in [-0.39, 0.29) is 28.0 Å². The molecule has 21 heavy (non-hydrogen) atoms. The summed E-state index contributed by atoms with van der Waals surface area (Å²) in [5.74, 6) is -1.27. The predicted molar refractivity (Wildman–Crippen MR) is 70.4 cm³/mol. The summed E-state index contributed by atoms with van der Waals surface area (Å²) in [7, 11) is 0. The number of benzene rings is 1. The van der Waals surface area contributed by atoms with E-state index in [9.17, 15) is 18.0 Å². The Morgan fingerprint density at radius 2 is 2.10 bits per heavy atom. The molecule has 1 heterocycles. The van der Waals surface area contributed by atoms with E-state index in [1.165, 1.54) is 12.1 Å². The summed E-state index contributed by atoms with van der Waals surface area (Å²) < 4.78 is 39.7. The first-order valence-electron chi connectivity index (χ1n) is 5.80. The number of aromatic carboxylic acids is 1. The molecule has 1 aromatic carbocycles. The van der Waals surface area contributed by atoms with Crippen molar-refractivity contribution in [2.75, 3.05) is 0 Å². The van der Waals surface area contributed by atoms with Gasteiger partial charge in [-0.15, -0.1) is 5.10 Å². The maximum atomic E-state index is 12.9. The van der Waals surface area contributed by atoms with Crippen LogP contribution in [-0.4, -0.2) is 26.1 Å². The summed E-state index contributed by atoms with van der Waals surface area (Å²) >= 11 is 2.84. The molecule has 0 aliphatic heterocycles. The number of halogens is 4. The number of aromatic nitrogens is 3. The van der Waals surface area contributed by atoms with Gasteiger partial charge in [-0.05, 0) is 24.6 Å². The maximum absolute atomic E-state index is 12.9. The Kier molecular flexibility index (Phi) is 4.04. The third-order valence-corrected chi connectivity index (χ3v) is 3.49. The van der Waals surface area contributed by atoms with E-state index in [0.717, 1.165) is 10.7 Å². The molecule has 5 nitrogen and oxygen atoms in total. The van der Waals surface area contributed by atoms with Crippen LogP contribution in [0.25, 0.3) is 5.69 Å². The highest BCUT2D eigenvalue weighted by Gasteiger charge is 2.33. The Bertz CT molecular complexity index is 698. The van der Waals surface area contributed by atoms with Crippen LogP contribution >= 0.6 is 15.9 Å². The van der Waals surface area contributed by atoms with Gasteiger partial charge in [0.25, 0.3) is 0 Å². The Hall–Kier alpha value is -1.90. The number of carboxylic acids is 1. The first kappa shape index (κ1) is 15.5. The fourth-order valence-electron chi connectivity index (χ4n) is 1.85. The minimum atomic E-state index is -4.53. The number of carboxylic acid groups (broad SMARTS) is 1. The normalized spacial score (nSPS) is 11.7. The molecule has 0 amide bonds. The second-order valence-electron chi connectivity index (χ2n) is 4.12. The summed E-state index contributed by atoms with van der Waals surface area (Å²) in [5, 5.41) is 16.1. The highest BCUT2D eigenvalue weighted by Crippen LogP contribution is 2.36. The van der Waals surface area contributed by atoms with Crippen LogP contribution in [0.1, 0.15) is 28.7 Å². The zero-order chi connectivity index (χ0) is 15.8. The molecule has 2 rings (SSSR count). The van der Waals surface area contributed by atoms with E-state index in [4.69, 9.17) is 5.11 Å². The average molecular weight is 364 g/mol. The molecule has 0 saturated heterocycles. The highest BCUT2D eigenvalue weighted by molar-refractivity contribution is 9.10. The summed E-state index contributed by atoms with van der Waals surface area (Å²) in [4.78, 5) is 11.0. The van der Waals surface area contributed by atoms with Crippen molar-refractivity contribution in [1.29, 1.82) is 0 Å². The van der Waals surface area contributed by atoms with Gasteiger partial charge in [-0.3, -0.25) is 0 Å². The Balaban J connectivity index is 2.61. The van der Waals surface area contributed by atoms with Gasteiger partial charge in [0.05, 0.1) is 16.9 Å². The Labute approximate surface area is 125 Å². The molecule has 1 aromatic heterocycles. The highest BCUT2D eigenvalue weighted by atomic mass is 79.9. The Morgan fingerprint density at radius 3 is 2.62 bits per heavy atom. The van der Waals surface area contributed by atoms with Crippen molar-refractivity contribution in [2.24, 2.45) is 0 Å². The summed E-state index contributed by atoms with van der Waals surface area (Å²) in [6, 6.07) is 3.53. The second kappa shape index (κ2) is 5.47. The van der Waals surface area contributed by atoms with Gasteiger partial charge in [-0.25, -0.2) is 9.48 Å². The summed E-state index contributed by atoms with van der Waals surface area (Å²) in [6.07, 6.45) is -4.26. The van der Waals surface area contributed by atoms with Gasteiger partial charge in [-0.1, -0.05) is 28.1 Å². The number of nitrogens with zero attached hydrogens (tertiary/aromatic N) is 3. The minimum absolute atomic E-state index is 0.0994. The lowest BCUT2D eigenvalue weighted by molar-refractivity contribution is -0.138. The molecule has 0 radical (unpaired) electrons. The van der Waals surface area contributed by atoms with E-state index in [0.29, 0.717) is 0 Å². The summed E-state index contributed by atoms with van der Waals surface area (Å²) in [6.45, 7) is 1.67. The molecular weight excluding hydrogens is 355 g/mol. The van der Waals surface area contributed by atoms with E-state index in [1.54, 1.807) is 6.92 Å². The van der Waals surface area contributed by atoms with Crippen LogP contribution in [0.15, 0.2) is 22.7 Å².